The Hall–Kier alpha value is -1.39. The van der Waals surface area contributed by atoms with E-state index in [2.05, 4.69) is 5.32 Å². The summed E-state index contributed by atoms with van der Waals surface area (Å²) in [6, 6.07) is 9.46. The molecule has 2 rings (SSSR count). The molecule has 1 aromatic rings. The first kappa shape index (κ1) is 15.0. The summed E-state index contributed by atoms with van der Waals surface area (Å²) in [7, 11) is 0. The first-order chi connectivity index (χ1) is 9.52. The van der Waals surface area contributed by atoms with Crippen LogP contribution in [0.25, 0.3) is 0 Å². The van der Waals surface area contributed by atoms with E-state index in [-0.39, 0.29) is 23.4 Å². The molecule has 20 heavy (non-hydrogen) atoms. The summed E-state index contributed by atoms with van der Waals surface area (Å²) in [5.41, 5.74) is 6.92. The van der Waals surface area contributed by atoms with Gasteiger partial charge in [0.05, 0.1) is 18.1 Å². The molecule has 0 aromatic heterocycles. The smallest absolute Gasteiger partial charge is 0.225 e. The number of nitrogens with two attached hydrogens (primary N) is 1. The van der Waals surface area contributed by atoms with Crippen LogP contribution in [-0.2, 0) is 9.53 Å². The average Bonchev–Trinajstić information content (AvgIpc) is 2.47. The van der Waals surface area contributed by atoms with Crippen molar-refractivity contribution in [1.82, 2.24) is 5.32 Å². The minimum absolute atomic E-state index is 0.00523. The molecule has 0 radical (unpaired) electrons. The number of amides is 1. The molecule has 1 heterocycles. The second kappa shape index (κ2) is 6.37. The maximum atomic E-state index is 12.4. The van der Waals surface area contributed by atoms with Gasteiger partial charge in [-0.2, -0.15) is 0 Å². The van der Waals surface area contributed by atoms with Crippen LogP contribution in [0, 0.1) is 5.92 Å². The van der Waals surface area contributed by atoms with Gasteiger partial charge in [0.1, 0.15) is 0 Å². The number of ether oxygens (including phenoxy) is 1. The van der Waals surface area contributed by atoms with Crippen molar-refractivity contribution in [3.05, 3.63) is 35.9 Å². The molecule has 3 atom stereocenters. The molecule has 0 aliphatic carbocycles. The van der Waals surface area contributed by atoms with Gasteiger partial charge in [-0.1, -0.05) is 37.3 Å². The second-order valence-corrected chi connectivity index (χ2v) is 5.93. The average molecular weight is 276 g/mol. The molecule has 0 spiro atoms. The van der Waals surface area contributed by atoms with E-state index in [1.54, 1.807) is 0 Å². The lowest BCUT2D eigenvalue weighted by atomic mass is 9.91. The SMILES string of the molecule is CC(C(=O)NC1(C)CCCOC1)C(N)c1ccccc1. The highest BCUT2D eigenvalue weighted by molar-refractivity contribution is 5.80. The van der Waals surface area contributed by atoms with Crippen LogP contribution in [0.3, 0.4) is 0 Å². The van der Waals surface area contributed by atoms with Crippen LogP contribution in [0.2, 0.25) is 0 Å². The van der Waals surface area contributed by atoms with E-state index in [0.29, 0.717) is 6.61 Å². The Bertz CT molecular complexity index is 441. The molecular weight excluding hydrogens is 252 g/mol. The zero-order valence-electron chi connectivity index (χ0n) is 12.3. The summed E-state index contributed by atoms with van der Waals surface area (Å²) in [4.78, 5) is 12.4. The van der Waals surface area contributed by atoms with Gasteiger partial charge >= 0.3 is 0 Å². The molecule has 4 heteroatoms. The molecule has 0 saturated carbocycles. The largest absolute Gasteiger partial charge is 0.379 e. The molecule has 1 fully saturated rings. The number of carbonyl (C=O) groups is 1. The topological polar surface area (TPSA) is 64.3 Å². The van der Waals surface area contributed by atoms with Gasteiger partial charge in [-0.3, -0.25) is 4.79 Å². The predicted molar refractivity (Wildman–Crippen MR) is 79.1 cm³/mol. The molecule has 3 unspecified atom stereocenters. The number of hydrogen-bond donors (Lipinski definition) is 2. The third-order valence-corrected chi connectivity index (χ3v) is 4.00. The summed E-state index contributed by atoms with van der Waals surface area (Å²) in [6.07, 6.45) is 1.93. The standard InChI is InChI=1S/C16H24N2O2/c1-12(14(17)13-7-4-3-5-8-13)15(19)18-16(2)9-6-10-20-11-16/h3-5,7-8,12,14H,6,9-11,17H2,1-2H3,(H,18,19). The van der Waals surface area contributed by atoms with Crippen LogP contribution in [0.1, 0.15) is 38.3 Å². The first-order valence-electron chi connectivity index (χ1n) is 7.22. The van der Waals surface area contributed by atoms with Gasteiger partial charge in [0.25, 0.3) is 0 Å². The van der Waals surface area contributed by atoms with E-state index in [9.17, 15) is 4.79 Å². The highest BCUT2D eigenvalue weighted by Crippen LogP contribution is 2.23. The van der Waals surface area contributed by atoms with Gasteiger partial charge in [0.2, 0.25) is 5.91 Å². The Labute approximate surface area is 120 Å². The molecular formula is C16H24N2O2. The van der Waals surface area contributed by atoms with Crippen LogP contribution in [0.15, 0.2) is 30.3 Å². The summed E-state index contributed by atoms with van der Waals surface area (Å²) in [6.45, 7) is 5.27. The van der Waals surface area contributed by atoms with Gasteiger partial charge in [0.15, 0.2) is 0 Å². The summed E-state index contributed by atoms with van der Waals surface area (Å²) in [5, 5.41) is 3.10. The molecule has 110 valence electrons. The minimum atomic E-state index is -0.288. The molecule has 0 bridgehead atoms. The minimum Gasteiger partial charge on any atom is -0.379 e. The quantitative estimate of drug-likeness (QED) is 0.884. The monoisotopic (exact) mass is 276 g/mol. The van der Waals surface area contributed by atoms with Crippen LogP contribution in [0.4, 0.5) is 0 Å². The fourth-order valence-electron chi connectivity index (χ4n) is 2.57. The summed E-state index contributed by atoms with van der Waals surface area (Å²) >= 11 is 0. The van der Waals surface area contributed by atoms with Gasteiger partial charge in [-0.15, -0.1) is 0 Å². The number of carbonyl (C=O) groups excluding carboxylic acids is 1. The van der Waals surface area contributed by atoms with E-state index in [1.807, 2.05) is 44.2 Å². The Morgan fingerprint density at radius 1 is 1.40 bits per heavy atom. The van der Waals surface area contributed by atoms with Gasteiger partial charge in [0, 0.05) is 12.6 Å². The van der Waals surface area contributed by atoms with Crippen molar-refractivity contribution in [3.8, 4) is 0 Å². The lowest BCUT2D eigenvalue weighted by molar-refractivity contribution is -0.128. The fourth-order valence-corrected chi connectivity index (χ4v) is 2.57. The number of hydrogen-bond acceptors (Lipinski definition) is 3. The zero-order chi connectivity index (χ0) is 14.6. The number of nitrogens with one attached hydrogen (secondary N) is 1. The maximum Gasteiger partial charge on any atom is 0.225 e. The number of benzene rings is 1. The van der Waals surface area contributed by atoms with Crippen molar-refractivity contribution in [2.45, 2.75) is 38.3 Å². The Balaban J connectivity index is 1.98. The van der Waals surface area contributed by atoms with Crippen LogP contribution >= 0.6 is 0 Å². The Kier molecular flexibility index (Phi) is 4.78. The molecule has 1 aliphatic heterocycles. The van der Waals surface area contributed by atoms with E-state index in [4.69, 9.17) is 10.5 Å². The summed E-state index contributed by atoms with van der Waals surface area (Å²) < 4.78 is 5.46. The van der Waals surface area contributed by atoms with Crippen molar-refractivity contribution >= 4 is 5.91 Å². The van der Waals surface area contributed by atoms with Gasteiger partial charge in [-0.05, 0) is 25.3 Å². The van der Waals surface area contributed by atoms with Crippen LogP contribution in [0.5, 0.6) is 0 Å². The maximum absolute atomic E-state index is 12.4. The molecule has 1 aliphatic rings. The predicted octanol–water partition coefficient (Wildman–Crippen LogP) is 2.01. The number of rotatable bonds is 4. The second-order valence-electron chi connectivity index (χ2n) is 5.93. The lowest BCUT2D eigenvalue weighted by Crippen LogP contribution is -2.53. The fraction of sp³-hybridized carbons (Fsp3) is 0.562. The van der Waals surface area contributed by atoms with Crippen molar-refractivity contribution in [1.29, 1.82) is 0 Å². The van der Waals surface area contributed by atoms with Gasteiger partial charge in [-0.25, -0.2) is 0 Å². The molecule has 4 nitrogen and oxygen atoms in total. The molecule has 1 saturated heterocycles. The third-order valence-electron chi connectivity index (χ3n) is 4.00. The summed E-state index contributed by atoms with van der Waals surface area (Å²) in [5.74, 6) is -0.273. The third kappa shape index (κ3) is 3.58. The first-order valence-corrected chi connectivity index (χ1v) is 7.22. The van der Waals surface area contributed by atoms with Gasteiger partial charge < -0.3 is 15.8 Å². The molecule has 1 aromatic carbocycles. The normalized spacial score (nSPS) is 25.8. The van der Waals surface area contributed by atoms with E-state index in [0.717, 1.165) is 25.0 Å². The van der Waals surface area contributed by atoms with Crippen molar-refractivity contribution in [2.75, 3.05) is 13.2 Å². The lowest BCUT2D eigenvalue weighted by Gasteiger charge is -2.35. The molecule has 3 N–H and O–H groups in total. The Morgan fingerprint density at radius 3 is 2.70 bits per heavy atom. The van der Waals surface area contributed by atoms with E-state index in [1.165, 1.54) is 0 Å². The van der Waals surface area contributed by atoms with E-state index < -0.39 is 0 Å². The van der Waals surface area contributed by atoms with Crippen molar-refractivity contribution < 1.29 is 9.53 Å². The van der Waals surface area contributed by atoms with Crippen molar-refractivity contribution in [3.63, 3.8) is 0 Å². The zero-order valence-corrected chi connectivity index (χ0v) is 12.3. The van der Waals surface area contributed by atoms with E-state index >= 15 is 0 Å². The Morgan fingerprint density at radius 2 is 2.10 bits per heavy atom. The highest BCUT2D eigenvalue weighted by atomic mass is 16.5. The van der Waals surface area contributed by atoms with Crippen LogP contribution < -0.4 is 11.1 Å². The van der Waals surface area contributed by atoms with Crippen molar-refractivity contribution in [2.24, 2.45) is 11.7 Å². The highest BCUT2D eigenvalue weighted by Gasteiger charge is 2.32. The van der Waals surface area contributed by atoms with Crippen LogP contribution in [-0.4, -0.2) is 24.7 Å². The molecule has 1 amide bonds.